The van der Waals surface area contributed by atoms with Crippen LogP contribution in [0.2, 0.25) is 0 Å². The second kappa shape index (κ2) is 7.31. The van der Waals surface area contributed by atoms with E-state index in [1.165, 1.54) is 11.3 Å². The first kappa shape index (κ1) is 17.5. The maximum absolute atomic E-state index is 13.8. The fraction of sp³-hybridized carbons (Fsp3) is 0.333. The lowest BCUT2D eigenvalue weighted by atomic mass is 9.95. The van der Waals surface area contributed by atoms with Gasteiger partial charge in [-0.05, 0) is 50.3 Å². The summed E-state index contributed by atoms with van der Waals surface area (Å²) in [6.07, 6.45) is 3.58. The van der Waals surface area contributed by atoms with Crippen LogP contribution in [0, 0.1) is 11.6 Å². The van der Waals surface area contributed by atoms with Crippen molar-refractivity contribution in [3.63, 3.8) is 0 Å². The van der Waals surface area contributed by atoms with Crippen molar-refractivity contribution >= 4 is 28.2 Å². The molecule has 0 spiro atoms. The van der Waals surface area contributed by atoms with Gasteiger partial charge in [0.2, 0.25) is 0 Å². The summed E-state index contributed by atoms with van der Waals surface area (Å²) in [5, 5.41) is 2.96. The number of anilines is 1. The highest BCUT2D eigenvalue weighted by Gasteiger charge is 2.27. The van der Waals surface area contributed by atoms with Crippen molar-refractivity contribution in [1.29, 1.82) is 0 Å². The first-order valence-corrected chi connectivity index (χ1v) is 8.91. The maximum atomic E-state index is 13.8. The average molecular weight is 365 g/mol. The highest BCUT2D eigenvalue weighted by atomic mass is 32.1. The van der Waals surface area contributed by atoms with Crippen molar-refractivity contribution in [2.75, 3.05) is 11.9 Å². The van der Waals surface area contributed by atoms with Crippen molar-refractivity contribution in [3.05, 3.63) is 51.4 Å². The zero-order valence-electron chi connectivity index (χ0n) is 13.7. The summed E-state index contributed by atoms with van der Waals surface area (Å²) in [5.74, 6) is -2.91. The van der Waals surface area contributed by atoms with Crippen LogP contribution < -0.4 is 5.32 Å². The fourth-order valence-corrected chi connectivity index (χ4v) is 4.19. The SMILES string of the molecule is CCOC(=O)c1c(NC(=O)c2ccc(F)cc2F)sc2c1CCCC2. The molecule has 0 atom stereocenters. The van der Waals surface area contributed by atoms with Gasteiger partial charge in [0, 0.05) is 10.9 Å². The van der Waals surface area contributed by atoms with Gasteiger partial charge < -0.3 is 10.1 Å². The van der Waals surface area contributed by atoms with E-state index in [1.54, 1.807) is 6.92 Å². The van der Waals surface area contributed by atoms with E-state index in [0.717, 1.165) is 48.3 Å². The zero-order valence-corrected chi connectivity index (χ0v) is 14.5. The van der Waals surface area contributed by atoms with Crippen LogP contribution in [0.1, 0.15) is 50.9 Å². The second-order valence-corrected chi connectivity index (χ2v) is 6.82. The van der Waals surface area contributed by atoms with E-state index in [-0.39, 0.29) is 12.2 Å². The number of halogens is 2. The number of aryl methyl sites for hydroxylation is 1. The van der Waals surface area contributed by atoms with Gasteiger partial charge in [-0.1, -0.05) is 0 Å². The summed E-state index contributed by atoms with van der Waals surface area (Å²) in [6.45, 7) is 1.94. The molecule has 0 bridgehead atoms. The van der Waals surface area contributed by atoms with Crippen LogP contribution >= 0.6 is 11.3 Å². The van der Waals surface area contributed by atoms with Crippen LogP contribution in [0.25, 0.3) is 0 Å². The lowest BCUT2D eigenvalue weighted by molar-refractivity contribution is 0.0526. The Morgan fingerprint density at radius 3 is 2.72 bits per heavy atom. The zero-order chi connectivity index (χ0) is 18.0. The summed E-state index contributed by atoms with van der Waals surface area (Å²) in [7, 11) is 0. The molecule has 1 aromatic heterocycles. The molecule has 0 unspecified atom stereocenters. The summed E-state index contributed by atoms with van der Waals surface area (Å²) < 4.78 is 32.0. The Balaban J connectivity index is 1.95. The number of esters is 1. The number of nitrogens with one attached hydrogen (secondary N) is 1. The minimum atomic E-state index is -0.948. The lowest BCUT2D eigenvalue weighted by Gasteiger charge is -2.12. The number of fused-ring (bicyclic) bond motifs is 1. The molecule has 1 heterocycles. The molecule has 0 aliphatic heterocycles. The Morgan fingerprint density at radius 2 is 2.00 bits per heavy atom. The third-order valence-electron chi connectivity index (χ3n) is 4.05. The van der Waals surface area contributed by atoms with E-state index < -0.39 is 23.5 Å². The van der Waals surface area contributed by atoms with Crippen LogP contribution in [0.3, 0.4) is 0 Å². The number of hydrogen-bond acceptors (Lipinski definition) is 4. The Labute approximate surface area is 147 Å². The first-order chi connectivity index (χ1) is 12.0. The van der Waals surface area contributed by atoms with Crippen molar-refractivity contribution in [3.8, 4) is 0 Å². The van der Waals surface area contributed by atoms with Crippen molar-refractivity contribution in [2.45, 2.75) is 32.6 Å². The van der Waals surface area contributed by atoms with Gasteiger partial charge in [-0.2, -0.15) is 0 Å². The van der Waals surface area contributed by atoms with Crippen molar-refractivity contribution < 1.29 is 23.1 Å². The van der Waals surface area contributed by atoms with Gasteiger partial charge in [-0.25, -0.2) is 13.6 Å². The summed E-state index contributed by atoms with van der Waals surface area (Å²) in [6, 6.07) is 2.75. The quantitative estimate of drug-likeness (QED) is 0.821. The average Bonchev–Trinajstić information content (AvgIpc) is 2.92. The molecule has 2 aromatic rings. The third-order valence-corrected chi connectivity index (χ3v) is 5.26. The Morgan fingerprint density at radius 1 is 1.24 bits per heavy atom. The number of rotatable bonds is 4. The highest BCUT2D eigenvalue weighted by Crippen LogP contribution is 2.38. The molecule has 0 fully saturated rings. The molecule has 1 amide bonds. The second-order valence-electron chi connectivity index (χ2n) is 5.71. The van der Waals surface area contributed by atoms with Crippen molar-refractivity contribution in [2.24, 2.45) is 0 Å². The van der Waals surface area contributed by atoms with E-state index >= 15 is 0 Å². The topological polar surface area (TPSA) is 55.4 Å². The Kier molecular flexibility index (Phi) is 5.13. The fourth-order valence-electron chi connectivity index (χ4n) is 2.92. The van der Waals surface area contributed by atoms with Gasteiger partial charge in [0.1, 0.15) is 16.6 Å². The number of carbonyl (C=O) groups is 2. The molecular formula is C18H17F2NO3S. The van der Waals surface area contributed by atoms with Crippen LogP contribution in [-0.2, 0) is 17.6 Å². The monoisotopic (exact) mass is 365 g/mol. The molecule has 25 heavy (non-hydrogen) atoms. The number of ether oxygens (including phenoxy) is 1. The number of thiophene rings is 1. The van der Waals surface area contributed by atoms with Crippen LogP contribution in [0.5, 0.6) is 0 Å². The molecule has 7 heteroatoms. The third kappa shape index (κ3) is 3.56. The number of benzene rings is 1. The van der Waals surface area contributed by atoms with E-state index in [2.05, 4.69) is 5.32 Å². The van der Waals surface area contributed by atoms with E-state index in [9.17, 15) is 18.4 Å². The first-order valence-electron chi connectivity index (χ1n) is 8.09. The minimum Gasteiger partial charge on any atom is -0.462 e. The van der Waals surface area contributed by atoms with E-state index in [1.807, 2.05) is 0 Å². The molecule has 3 rings (SSSR count). The molecule has 1 N–H and O–H groups in total. The number of amides is 1. The number of hydrogen-bond donors (Lipinski definition) is 1. The minimum absolute atomic E-state index is 0.226. The summed E-state index contributed by atoms with van der Waals surface area (Å²) in [4.78, 5) is 25.8. The Hall–Kier alpha value is -2.28. The molecule has 0 saturated heterocycles. The summed E-state index contributed by atoms with van der Waals surface area (Å²) in [5.41, 5.74) is 0.990. The van der Waals surface area contributed by atoms with Gasteiger partial charge >= 0.3 is 5.97 Å². The molecule has 132 valence electrons. The molecule has 0 saturated carbocycles. The molecule has 1 aromatic carbocycles. The normalized spacial score (nSPS) is 13.2. The van der Waals surface area contributed by atoms with Gasteiger partial charge in [0.25, 0.3) is 5.91 Å². The maximum Gasteiger partial charge on any atom is 0.341 e. The predicted octanol–water partition coefficient (Wildman–Crippen LogP) is 4.33. The molecular weight excluding hydrogens is 348 g/mol. The van der Waals surface area contributed by atoms with Gasteiger partial charge in [0.05, 0.1) is 17.7 Å². The van der Waals surface area contributed by atoms with E-state index in [0.29, 0.717) is 16.6 Å². The van der Waals surface area contributed by atoms with Crippen LogP contribution in [-0.4, -0.2) is 18.5 Å². The standard InChI is InChI=1S/C18H17F2NO3S/c1-2-24-18(23)15-12-5-3-4-6-14(12)25-17(15)21-16(22)11-8-7-10(19)9-13(11)20/h7-9H,2-6H2,1H3,(H,21,22). The van der Waals surface area contributed by atoms with Gasteiger partial charge in [0.15, 0.2) is 0 Å². The van der Waals surface area contributed by atoms with Gasteiger partial charge in [-0.3, -0.25) is 4.79 Å². The molecule has 0 radical (unpaired) electrons. The van der Waals surface area contributed by atoms with Crippen LogP contribution in [0.4, 0.5) is 13.8 Å². The largest absolute Gasteiger partial charge is 0.462 e. The molecule has 4 nitrogen and oxygen atoms in total. The smallest absolute Gasteiger partial charge is 0.341 e. The summed E-state index contributed by atoms with van der Waals surface area (Å²) >= 11 is 1.32. The Bertz CT molecular complexity index is 832. The number of carbonyl (C=O) groups excluding carboxylic acids is 2. The lowest BCUT2D eigenvalue weighted by Crippen LogP contribution is -2.17. The van der Waals surface area contributed by atoms with E-state index in [4.69, 9.17) is 4.74 Å². The van der Waals surface area contributed by atoms with Crippen LogP contribution in [0.15, 0.2) is 18.2 Å². The predicted molar refractivity (Wildman–Crippen MR) is 91.2 cm³/mol. The van der Waals surface area contributed by atoms with Crippen molar-refractivity contribution in [1.82, 2.24) is 0 Å². The molecule has 1 aliphatic carbocycles. The highest BCUT2D eigenvalue weighted by molar-refractivity contribution is 7.17. The molecule has 1 aliphatic rings. The van der Waals surface area contributed by atoms with Gasteiger partial charge in [-0.15, -0.1) is 11.3 Å².